The molecule has 4 atom stereocenters. The smallest absolute Gasteiger partial charge is 0.407 e. The molecule has 0 heterocycles. The van der Waals surface area contributed by atoms with Crippen LogP contribution in [0.4, 0.5) is 4.79 Å². The van der Waals surface area contributed by atoms with Crippen LogP contribution in [0.5, 0.6) is 0 Å². The Morgan fingerprint density at radius 2 is 0.971 bits per heavy atom. The van der Waals surface area contributed by atoms with Gasteiger partial charge in [0.15, 0.2) is 0 Å². The van der Waals surface area contributed by atoms with Crippen molar-refractivity contribution >= 4 is 49.2 Å². The maximum Gasteiger partial charge on any atom is 0.407 e. The van der Waals surface area contributed by atoms with E-state index in [2.05, 4.69) is 173 Å². The molecule has 2 N–H and O–H groups in total. The van der Waals surface area contributed by atoms with Gasteiger partial charge in [-0.2, -0.15) is 0 Å². The summed E-state index contributed by atoms with van der Waals surface area (Å²) in [5.41, 5.74) is 1.70. The van der Waals surface area contributed by atoms with Crippen LogP contribution in [-0.2, 0) is 9.53 Å². The van der Waals surface area contributed by atoms with Crippen LogP contribution in [0.15, 0.2) is 126 Å². The molecule has 4 aromatic rings. The molecule has 4 aliphatic rings. The highest BCUT2D eigenvalue weighted by Crippen LogP contribution is 2.53. The fraction of sp³-hybridized carbons (Fsp3) is 0.581. The molecule has 0 spiro atoms. The van der Waals surface area contributed by atoms with E-state index in [0.29, 0.717) is 31.6 Å². The highest BCUT2D eigenvalue weighted by atomic mass is 31.1. The Kier molecular flexibility index (Phi) is 29.9. The van der Waals surface area contributed by atoms with Gasteiger partial charge in [-0.1, -0.05) is 214 Å². The van der Waals surface area contributed by atoms with Crippen molar-refractivity contribution in [1.29, 1.82) is 0 Å². The van der Waals surface area contributed by atoms with E-state index in [4.69, 9.17) is 9.84 Å². The molecule has 4 saturated carbocycles. The lowest BCUT2D eigenvalue weighted by Gasteiger charge is -2.32. The van der Waals surface area contributed by atoms with Crippen LogP contribution < -0.4 is 26.5 Å². The molecule has 384 valence electrons. The molecule has 4 fully saturated rings. The number of rotatable bonds is 17. The summed E-state index contributed by atoms with van der Waals surface area (Å²) in [6.45, 7) is 16.2. The summed E-state index contributed by atoms with van der Waals surface area (Å²) in [7, 11) is -0.448. The first-order valence-corrected chi connectivity index (χ1v) is 30.4. The van der Waals surface area contributed by atoms with E-state index in [1.54, 1.807) is 21.2 Å². The number of hydrogen-bond donors (Lipinski definition) is 2. The fourth-order valence-electron chi connectivity index (χ4n) is 10.8. The van der Waals surface area contributed by atoms with Crippen LogP contribution in [0.2, 0.25) is 0 Å². The van der Waals surface area contributed by atoms with Gasteiger partial charge in [-0.3, -0.25) is 0 Å². The zero-order valence-corrected chi connectivity index (χ0v) is 46.0. The molecular weight excluding hydrogens is 899 g/mol. The van der Waals surface area contributed by atoms with Gasteiger partial charge in [0, 0.05) is 13.2 Å². The average Bonchev–Trinajstić information content (AvgIpc) is 4.26. The minimum Gasteiger partial charge on any atom is -0.449 e. The first-order chi connectivity index (χ1) is 34.2. The number of benzene rings is 4. The standard InChI is InChI=1S/2C20H25P.C11H21NO2.C6H12O.C5H9NO/c2*1-16(2)19-14-9-15-20(19)21(17-10-5-3-6-11-17)18-12-7-4-8-13-18;1-2-3-8-12-11(13)14-9-10-6-4-5-7-10;7-5-6-3-1-2-4-6;1-2-3-4-6-5-7/h2*3-8,10-13,16,19-20H,9,14-15H2,1-2H3;10H,2-9H2,1H3,(H,12,13);6-7H,1-5H2;2-4H2,1H3. The molecule has 6 nitrogen and oxygen atoms in total. The van der Waals surface area contributed by atoms with E-state index in [0.717, 1.165) is 67.2 Å². The third kappa shape index (κ3) is 21.2. The van der Waals surface area contributed by atoms with Crippen molar-refractivity contribution in [2.24, 2.45) is 40.5 Å². The highest BCUT2D eigenvalue weighted by Gasteiger charge is 2.38. The third-order valence-electron chi connectivity index (χ3n) is 14.7. The van der Waals surface area contributed by atoms with E-state index in [1.165, 1.54) is 96.0 Å². The lowest BCUT2D eigenvalue weighted by molar-refractivity contribution is 0.127. The van der Waals surface area contributed by atoms with Crippen molar-refractivity contribution in [2.75, 3.05) is 26.3 Å². The second-order valence-electron chi connectivity index (χ2n) is 20.6. The van der Waals surface area contributed by atoms with E-state index in [9.17, 15) is 9.59 Å². The van der Waals surface area contributed by atoms with E-state index < -0.39 is 0 Å². The minimum atomic E-state index is -0.245. The quantitative estimate of drug-likeness (QED) is 0.0477. The topological polar surface area (TPSA) is 88.0 Å². The van der Waals surface area contributed by atoms with Crippen molar-refractivity contribution in [3.8, 4) is 0 Å². The highest BCUT2D eigenvalue weighted by molar-refractivity contribution is 7.74. The Balaban J connectivity index is 0.000000204. The Morgan fingerprint density at radius 1 is 0.586 bits per heavy atom. The van der Waals surface area contributed by atoms with Gasteiger partial charge in [0.1, 0.15) is 0 Å². The molecule has 4 aliphatic carbocycles. The first-order valence-electron chi connectivity index (χ1n) is 27.6. The summed E-state index contributed by atoms with van der Waals surface area (Å²) < 4.78 is 5.12. The molecule has 0 bridgehead atoms. The van der Waals surface area contributed by atoms with Crippen LogP contribution in [0.25, 0.3) is 0 Å². The third-order valence-corrected chi connectivity index (χ3v) is 20.7. The van der Waals surface area contributed by atoms with Crippen LogP contribution in [-0.4, -0.2) is 54.9 Å². The molecule has 1 amide bonds. The van der Waals surface area contributed by atoms with Crippen molar-refractivity contribution < 1.29 is 19.4 Å². The average molecular weight is 991 g/mol. The number of hydrogen-bond acceptors (Lipinski definition) is 5. The van der Waals surface area contributed by atoms with Crippen molar-refractivity contribution in [1.82, 2.24) is 5.32 Å². The number of alkyl carbamates (subject to hydrolysis) is 1. The van der Waals surface area contributed by atoms with Crippen molar-refractivity contribution in [3.63, 3.8) is 0 Å². The Labute approximate surface area is 428 Å². The number of carbonyl (C=O) groups excluding carboxylic acids is 2. The zero-order valence-electron chi connectivity index (χ0n) is 44.2. The van der Waals surface area contributed by atoms with E-state index >= 15 is 0 Å². The number of carbonyl (C=O) groups is 1. The molecule has 0 saturated heterocycles. The van der Waals surface area contributed by atoms with Gasteiger partial charge in [0.05, 0.1) is 13.2 Å². The summed E-state index contributed by atoms with van der Waals surface area (Å²) in [6.07, 6.45) is 24.1. The van der Waals surface area contributed by atoms with Gasteiger partial charge in [-0.15, -0.1) is 0 Å². The number of aliphatic imine (C=N–C) groups is 1. The molecular formula is C62H92N2O4P2. The summed E-state index contributed by atoms with van der Waals surface area (Å²) in [4.78, 5) is 23.9. The van der Waals surface area contributed by atoms with Gasteiger partial charge in [-0.25, -0.2) is 14.6 Å². The molecule has 8 rings (SSSR count). The Bertz CT molecular complexity index is 1770. The normalized spacial score (nSPS) is 19.8. The van der Waals surface area contributed by atoms with Crippen molar-refractivity contribution in [2.45, 2.75) is 168 Å². The first kappa shape index (κ1) is 58.9. The van der Waals surface area contributed by atoms with Gasteiger partial charge in [-0.05, 0) is 148 Å². The van der Waals surface area contributed by atoms with Gasteiger partial charge < -0.3 is 15.2 Å². The van der Waals surface area contributed by atoms with Gasteiger partial charge in [0.25, 0.3) is 0 Å². The van der Waals surface area contributed by atoms with E-state index in [-0.39, 0.29) is 21.9 Å². The zero-order chi connectivity index (χ0) is 50.2. The monoisotopic (exact) mass is 991 g/mol. The van der Waals surface area contributed by atoms with Crippen LogP contribution in [0, 0.1) is 35.5 Å². The number of isocyanates is 1. The molecule has 8 heteroatoms. The molecule has 0 aromatic heterocycles. The maximum absolute atomic E-state index is 11.1. The predicted molar refractivity (Wildman–Crippen MR) is 303 cm³/mol. The van der Waals surface area contributed by atoms with Crippen LogP contribution in [0.3, 0.4) is 0 Å². The molecule has 0 aliphatic heterocycles. The van der Waals surface area contributed by atoms with Gasteiger partial charge in [0.2, 0.25) is 6.08 Å². The molecule has 0 radical (unpaired) electrons. The molecule has 70 heavy (non-hydrogen) atoms. The number of nitrogens with zero attached hydrogens (tertiary/aromatic N) is 1. The minimum absolute atomic E-state index is 0.224. The number of unbranched alkanes of at least 4 members (excludes halogenated alkanes) is 2. The maximum atomic E-state index is 11.1. The fourth-order valence-corrected chi connectivity index (χ4v) is 17.6. The lowest BCUT2D eigenvalue weighted by Crippen LogP contribution is -2.27. The molecule has 4 aromatic carbocycles. The Hall–Kier alpha value is -3.65. The second-order valence-corrected chi connectivity index (χ2v) is 25.5. The van der Waals surface area contributed by atoms with Crippen LogP contribution in [0.1, 0.15) is 157 Å². The number of nitrogens with one attached hydrogen (secondary N) is 1. The predicted octanol–water partition coefficient (Wildman–Crippen LogP) is 14.9. The number of aliphatic hydroxyl groups excluding tert-OH is 1. The van der Waals surface area contributed by atoms with Gasteiger partial charge >= 0.3 is 6.09 Å². The van der Waals surface area contributed by atoms with E-state index in [1.807, 2.05) is 0 Å². The largest absolute Gasteiger partial charge is 0.449 e. The van der Waals surface area contributed by atoms with Crippen molar-refractivity contribution in [3.05, 3.63) is 121 Å². The second kappa shape index (κ2) is 35.5. The SMILES string of the molecule is CC(C)C1CCCC1P(c1ccccc1)c1ccccc1.CC(C)C1CCCC1P(c1ccccc1)c1ccccc1.CCCCN=C=O.CCCCNC(=O)OCC1CCCC1.OCC1CCCC1. The summed E-state index contributed by atoms with van der Waals surface area (Å²) >= 11 is 0. The van der Waals surface area contributed by atoms with Crippen LogP contribution >= 0.6 is 15.8 Å². The molecule has 4 unspecified atom stereocenters. The number of amides is 1. The number of ether oxygens (including phenoxy) is 1. The Morgan fingerprint density at radius 3 is 1.30 bits per heavy atom. The summed E-state index contributed by atoms with van der Waals surface area (Å²) in [5.74, 6) is 4.64. The number of aliphatic hydroxyl groups is 1. The summed E-state index contributed by atoms with van der Waals surface area (Å²) in [5, 5.41) is 17.5. The summed E-state index contributed by atoms with van der Waals surface area (Å²) in [6, 6.07) is 44.9. The lowest BCUT2D eigenvalue weighted by atomic mass is 9.94.